The van der Waals surface area contributed by atoms with Crippen LogP contribution in [-0.2, 0) is 6.54 Å². The van der Waals surface area contributed by atoms with E-state index in [9.17, 15) is 0 Å². The minimum absolute atomic E-state index is 0.658. The van der Waals surface area contributed by atoms with Crippen LogP contribution in [0.15, 0.2) is 18.0 Å². The summed E-state index contributed by atoms with van der Waals surface area (Å²) in [7, 11) is 3.58. The Labute approximate surface area is 113 Å². The number of hydrogen-bond donors (Lipinski definition) is 1. The predicted octanol–water partition coefficient (Wildman–Crippen LogP) is 1.45. The Morgan fingerprint density at radius 3 is 3.11 bits per heavy atom. The number of methoxy groups -OCH3 is 1. The van der Waals surface area contributed by atoms with E-state index in [2.05, 4.69) is 24.3 Å². The molecule has 3 aromatic rings. The van der Waals surface area contributed by atoms with Gasteiger partial charge in [-0.25, -0.2) is 15.0 Å². The number of aromatic nitrogens is 5. The molecule has 3 aromatic heterocycles. The number of imidazole rings is 1. The lowest BCUT2D eigenvalue weighted by Gasteiger charge is -2.17. The molecule has 0 aromatic carbocycles. The molecular formula is C11H12N6OS. The van der Waals surface area contributed by atoms with Crippen molar-refractivity contribution >= 4 is 28.5 Å². The molecule has 0 aliphatic carbocycles. The van der Waals surface area contributed by atoms with E-state index < -0.39 is 0 Å². The maximum atomic E-state index is 5.21. The van der Waals surface area contributed by atoms with E-state index in [-0.39, 0.29) is 0 Å². The van der Waals surface area contributed by atoms with Gasteiger partial charge in [0.25, 0.3) is 0 Å². The van der Waals surface area contributed by atoms with Crippen LogP contribution in [0.25, 0.3) is 11.2 Å². The molecule has 3 heterocycles. The van der Waals surface area contributed by atoms with Crippen molar-refractivity contribution in [2.45, 2.75) is 6.54 Å². The van der Waals surface area contributed by atoms with Crippen LogP contribution in [0.2, 0.25) is 0 Å². The molecule has 0 aliphatic rings. The molecule has 0 unspecified atom stereocenters. The van der Waals surface area contributed by atoms with Crippen molar-refractivity contribution in [3.8, 4) is 5.88 Å². The van der Waals surface area contributed by atoms with E-state index in [1.165, 1.54) is 17.9 Å². The van der Waals surface area contributed by atoms with Crippen molar-refractivity contribution in [1.29, 1.82) is 0 Å². The number of fused-ring (bicyclic) bond motifs is 1. The van der Waals surface area contributed by atoms with Crippen LogP contribution in [0, 0.1) is 0 Å². The van der Waals surface area contributed by atoms with Crippen LogP contribution < -0.4 is 9.64 Å². The smallest absolute Gasteiger partial charge is 0.229 e. The van der Waals surface area contributed by atoms with E-state index in [0.29, 0.717) is 18.1 Å². The van der Waals surface area contributed by atoms with Gasteiger partial charge in [-0.3, -0.25) is 0 Å². The monoisotopic (exact) mass is 276 g/mol. The van der Waals surface area contributed by atoms with Crippen LogP contribution in [0.3, 0.4) is 0 Å². The summed E-state index contributed by atoms with van der Waals surface area (Å²) in [5.74, 6) is 1.46. The van der Waals surface area contributed by atoms with Crippen molar-refractivity contribution in [3.05, 3.63) is 23.6 Å². The van der Waals surface area contributed by atoms with Crippen LogP contribution in [-0.4, -0.2) is 38.5 Å². The van der Waals surface area contributed by atoms with Gasteiger partial charge in [-0.2, -0.15) is 4.37 Å². The van der Waals surface area contributed by atoms with Crippen LogP contribution in [0.1, 0.15) is 5.56 Å². The van der Waals surface area contributed by atoms with E-state index in [0.717, 1.165) is 16.9 Å². The zero-order valence-corrected chi connectivity index (χ0v) is 11.3. The SMILES string of the molecule is COc1nscc1CN(C)c1ncnc2nc[nH]c12. The topological polar surface area (TPSA) is 79.8 Å². The standard InChI is InChI=1S/C11H12N6OS/c1-17(3-7-4-19-16-11(7)18-2)10-8-9(13-5-12-8)14-6-15-10/h4-6H,3H2,1-2H3,(H,12,13,14,15). The molecule has 0 radical (unpaired) electrons. The number of nitrogens with zero attached hydrogens (tertiary/aromatic N) is 5. The fourth-order valence-corrected chi connectivity index (χ4v) is 2.54. The first-order valence-corrected chi connectivity index (χ1v) is 6.45. The number of aromatic amines is 1. The second kappa shape index (κ2) is 4.81. The summed E-state index contributed by atoms with van der Waals surface area (Å²) in [6.07, 6.45) is 3.13. The Balaban J connectivity index is 1.92. The van der Waals surface area contributed by atoms with Gasteiger partial charge in [0, 0.05) is 18.0 Å². The minimum Gasteiger partial charge on any atom is -0.480 e. The fraction of sp³-hybridized carbons (Fsp3) is 0.273. The molecule has 19 heavy (non-hydrogen) atoms. The fourth-order valence-electron chi connectivity index (χ4n) is 1.89. The summed E-state index contributed by atoms with van der Waals surface area (Å²) < 4.78 is 9.39. The average Bonchev–Trinajstić information content (AvgIpc) is 3.05. The summed E-state index contributed by atoms with van der Waals surface area (Å²) >= 11 is 1.38. The summed E-state index contributed by atoms with van der Waals surface area (Å²) in [6.45, 7) is 0.658. The van der Waals surface area contributed by atoms with Gasteiger partial charge in [-0.1, -0.05) is 0 Å². The molecule has 1 N–H and O–H groups in total. The van der Waals surface area contributed by atoms with E-state index in [1.54, 1.807) is 13.4 Å². The molecular weight excluding hydrogens is 264 g/mol. The highest BCUT2D eigenvalue weighted by Gasteiger charge is 2.14. The highest BCUT2D eigenvalue weighted by molar-refractivity contribution is 7.03. The second-order valence-corrected chi connectivity index (χ2v) is 4.63. The summed E-state index contributed by atoms with van der Waals surface area (Å²) in [5.41, 5.74) is 2.51. The number of hydrogen-bond acceptors (Lipinski definition) is 7. The largest absolute Gasteiger partial charge is 0.480 e. The number of anilines is 1. The van der Waals surface area contributed by atoms with Crippen LogP contribution in [0.4, 0.5) is 5.82 Å². The van der Waals surface area contributed by atoms with Gasteiger partial charge in [0.05, 0.1) is 20.0 Å². The van der Waals surface area contributed by atoms with Crippen LogP contribution in [0.5, 0.6) is 5.88 Å². The van der Waals surface area contributed by atoms with Gasteiger partial charge in [-0.15, -0.1) is 0 Å². The average molecular weight is 276 g/mol. The molecule has 0 saturated carbocycles. The molecule has 0 fully saturated rings. The minimum atomic E-state index is 0.658. The lowest BCUT2D eigenvalue weighted by Crippen LogP contribution is -2.18. The third kappa shape index (κ3) is 2.10. The third-order valence-electron chi connectivity index (χ3n) is 2.77. The first-order valence-electron chi connectivity index (χ1n) is 5.62. The summed E-state index contributed by atoms with van der Waals surface area (Å²) in [4.78, 5) is 17.6. The Morgan fingerprint density at radius 1 is 1.37 bits per heavy atom. The highest BCUT2D eigenvalue weighted by atomic mass is 32.1. The van der Waals surface area contributed by atoms with Gasteiger partial charge in [0.1, 0.15) is 11.8 Å². The molecule has 3 rings (SSSR count). The lowest BCUT2D eigenvalue weighted by atomic mass is 10.3. The summed E-state index contributed by atoms with van der Waals surface area (Å²) in [5, 5.41) is 1.97. The second-order valence-electron chi connectivity index (χ2n) is 4.00. The lowest BCUT2D eigenvalue weighted by molar-refractivity contribution is 0.397. The van der Waals surface area contributed by atoms with Crippen LogP contribution >= 0.6 is 11.5 Å². The molecule has 0 bridgehead atoms. The number of H-pyrrole nitrogens is 1. The maximum Gasteiger partial charge on any atom is 0.229 e. The zero-order valence-electron chi connectivity index (χ0n) is 10.5. The Morgan fingerprint density at radius 2 is 2.26 bits per heavy atom. The molecule has 8 heteroatoms. The van der Waals surface area contributed by atoms with Gasteiger partial charge in [0.15, 0.2) is 11.5 Å². The third-order valence-corrected chi connectivity index (χ3v) is 3.43. The van der Waals surface area contributed by atoms with Gasteiger partial charge in [-0.05, 0) is 11.5 Å². The molecule has 0 saturated heterocycles. The molecule has 0 spiro atoms. The highest BCUT2D eigenvalue weighted by Crippen LogP contribution is 2.24. The molecule has 7 nitrogen and oxygen atoms in total. The van der Waals surface area contributed by atoms with E-state index in [4.69, 9.17) is 4.74 Å². The zero-order chi connectivity index (χ0) is 13.2. The number of ether oxygens (including phenoxy) is 1. The quantitative estimate of drug-likeness (QED) is 0.777. The van der Waals surface area contributed by atoms with Crippen molar-refractivity contribution in [2.75, 3.05) is 19.1 Å². The van der Waals surface area contributed by atoms with E-state index in [1.807, 2.05) is 17.3 Å². The number of rotatable bonds is 4. The normalized spacial score (nSPS) is 10.8. The van der Waals surface area contributed by atoms with Crippen molar-refractivity contribution in [1.82, 2.24) is 24.3 Å². The first kappa shape index (κ1) is 11.8. The van der Waals surface area contributed by atoms with Gasteiger partial charge in [0.2, 0.25) is 5.88 Å². The Kier molecular flexibility index (Phi) is 3.00. The molecule has 98 valence electrons. The van der Waals surface area contributed by atoms with E-state index >= 15 is 0 Å². The van der Waals surface area contributed by atoms with Gasteiger partial charge >= 0.3 is 0 Å². The Hall–Kier alpha value is -2.22. The summed E-state index contributed by atoms with van der Waals surface area (Å²) in [6, 6.07) is 0. The Bertz CT molecular complexity index is 693. The van der Waals surface area contributed by atoms with Crippen molar-refractivity contribution < 1.29 is 4.74 Å². The molecule has 0 amide bonds. The van der Waals surface area contributed by atoms with Crippen molar-refractivity contribution in [3.63, 3.8) is 0 Å². The molecule has 0 aliphatic heterocycles. The molecule has 0 atom stereocenters. The predicted molar refractivity (Wildman–Crippen MR) is 72.5 cm³/mol. The first-order chi connectivity index (χ1) is 9.29. The maximum absolute atomic E-state index is 5.21. The number of nitrogens with one attached hydrogen (secondary N) is 1. The van der Waals surface area contributed by atoms with Gasteiger partial charge < -0.3 is 14.6 Å². The van der Waals surface area contributed by atoms with Crippen molar-refractivity contribution in [2.24, 2.45) is 0 Å².